The molecule has 1 aromatic heterocycles. The fourth-order valence-corrected chi connectivity index (χ4v) is 4.92. The van der Waals surface area contributed by atoms with E-state index in [1.54, 1.807) is 36.4 Å². The Morgan fingerprint density at radius 1 is 0.960 bits per heavy atom. The highest BCUT2D eigenvalue weighted by Gasteiger charge is 2.21. The lowest BCUT2D eigenvalue weighted by Gasteiger charge is -2.04. The largest absolute Gasteiger partial charge is 0.347 e. The van der Waals surface area contributed by atoms with Crippen molar-refractivity contribution in [2.45, 2.75) is 22.6 Å². The second kappa shape index (κ2) is 7.21. The van der Waals surface area contributed by atoms with Crippen LogP contribution in [0, 0.1) is 6.92 Å². The molecule has 25 heavy (non-hydrogen) atoms. The summed E-state index contributed by atoms with van der Waals surface area (Å²) in [5.41, 5.74) is 2.15. The molecule has 0 spiro atoms. The van der Waals surface area contributed by atoms with Gasteiger partial charge in [0, 0.05) is 6.54 Å². The number of rotatable bonds is 5. The zero-order valence-electron chi connectivity index (χ0n) is 13.6. The summed E-state index contributed by atoms with van der Waals surface area (Å²) >= 11 is 0.980. The topological polar surface area (TPSA) is 63.2 Å². The molecule has 1 amide bonds. The van der Waals surface area contributed by atoms with Crippen LogP contribution in [0.2, 0.25) is 0 Å². The summed E-state index contributed by atoms with van der Waals surface area (Å²) in [5, 5.41) is 2.82. The maximum atomic E-state index is 12.6. The van der Waals surface area contributed by atoms with Crippen molar-refractivity contribution in [1.82, 2.24) is 5.32 Å². The first kappa shape index (κ1) is 17.4. The van der Waals surface area contributed by atoms with Gasteiger partial charge in [0.15, 0.2) is 0 Å². The van der Waals surface area contributed by atoms with E-state index < -0.39 is 9.84 Å². The number of thiophene rings is 1. The smallest absolute Gasteiger partial charge is 0.261 e. The maximum absolute atomic E-state index is 12.6. The molecule has 0 radical (unpaired) electrons. The third-order valence-corrected chi connectivity index (χ3v) is 7.04. The number of hydrogen-bond acceptors (Lipinski definition) is 4. The Morgan fingerprint density at radius 2 is 1.64 bits per heavy atom. The summed E-state index contributed by atoms with van der Waals surface area (Å²) in [6, 6.07) is 19.1. The summed E-state index contributed by atoms with van der Waals surface area (Å²) in [4.78, 5) is 12.9. The molecule has 128 valence electrons. The molecular formula is C19H17NO3S2. The van der Waals surface area contributed by atoms with Gasteiger partial charge in [-0.05, 0) is 36.8 Å². The van der Waals surface area contributed by atoms with Gasteiger partial charge in [-0.3, -0.25) is 4.79 Å². The number of carbonyl (C=O) groups excluding carboxylic acids is 1. The van der Waals surface area contributed by atoms with Gasteiger partial charge in [-0.1, -0.05) is 48.0 Å². The number of aryl methyl sites for hydroxylation is 1. The van der Waals surface area contributed by atoms with E-state index in [4.69, 9.17) is 0 Å². The van der Waals surface area contributed by atoms with Crippen molar-refractivity contribution in [3.05, 3.63) is 82.7 Å². The molecule has 0 aliphatic heterocycles. The number of carbonyl (C=O) groups is 1. The normalized spacial score (nSPS) is 11.2. The minimum absolute atomic E-state index is 0.166. The zero-order valence-corrected chi connectivity index (χ0v) is 15.2. The highest BCUT2D eigenvalue weighted by Crippen LogP contribution is 2.27. The molecule has 2 aromatic carbocycles. The Balaban J connectivity index is 1.72. The van der Waals surface area contributed by atoms with E-state index in [2.05, 4.69) is 5.32 Å². The Hall–Kier alpha value is -2.44. The van der Waals surface area contributed by atoms with E-state index in [1.807, 2.05) is 31.2 Å². The monoisotopic (exact) mass is 371 g/mol. The molecule has 0 saturated carbocycles. The van der Waals surface area contributed by atoms with Crippen molar-refractivity contribution >= 4 is 27.1 Å². The van der Waals surface area contributed by atoms with Crippen LogP contribution in [0.4, 0.5) is 0 Å². The molecule has 6 heteroatoms. The molecule has 0 aliphatic carbocycles. The third-order valence-electron chi connectivity index (χ3n) is 3.70. The lowest BCUT2D eigenvalue weighted by Crippen LogP contribution is -2.21. The molecule has 3 rings (SSSR count). The molecular weight excluding hydrogens is 354 g/mol. The molecule has 3 aromatic rings. The van der Waals surface area contributed by atoms with Crippen LogP contribution in [-0.4, -0.2) is 14.3 Å². The first-order chi connectivity index (χ1) is 12.0. The van der Waals surface area contributed by atoms with Gasteiger partial charge in [-0.15, -0.1) is 11.3 Å². The quantitative estimate of drug-likeness (QED) is 0.742. The molecule has 0 aliphatic rings. The summed E-state index contributed by atoms with van der Waals surface area (Å²) in [6.45, 7) is 2.40. The van der Waals surface area contributed by atoms with Crippen molar-refractivity contribution in [2.75, 3.05) is 0 Å². The van der Waals surface area contributed by atoms with Crippen LogP contribution in [0.15, 0.2) is 75.8 Å². The second-order valence-corrected chi connectivity index (χ2v) is 8.86. The number of benzene rings is 2. The number of amides is 1. The van der Waals surface area contributed by atoms with Crippen molar-refractivity contribution in [2.24, 2.45) is 0 Å². The highest BCUT2D eigenvalue weighted by molar-refractivity contribution is 7.93. The lowest BCUT2D eigenvalue weighted by molar-refractivity contribution is 0.0955. The molecule has 0 saturated heterocycles. The minimum atomic E-state index is -3.59. The molecule has 0 atom stereocenters. The van der Waals surface area contributed by atoms with Crippen molar-refractivity contribution < 1.29 is 13.2 Å². The van der Waals surface area contributed by atoms with Crippen LogP contribution in [0.1, 0.15) is 20.8 Å². The fourth-order valence-electron chi connectivity index (χ4n) is 2.28. The standard InChI is InChI=1S/C19H17NO3S2/c1-14-7-9-15(10-8-14)13-20-19(21)17-11-12-18(24-17)25(22,23)16-5-3-2-4-6-16/h2-12H,13H2,1H3,(H,20,21). The molecule has 1 N–H and O–H groups in total. The van der Waals surface area contributed by atoms with Gasteiger partial charge in [-0.2, -0.15) is 0 Å². The first-order valence-electron chi connectivity index (χ1n) is 7.70. The van der Waals surface area contributed by atoms with Crippen LogP contribution in [0.5, 0.6) is 0 Å². The van der Waals surface area contributed by atoms with Crippen LogP contribution < -0.4 is 5.32 Å². The van der Waals surface area contributed by atoms with Gasteiger partial charge >= 0.3 is 0 Å². The molecule has 0 fully saturated rings. The number of hydrogen-bond donors (Lipinski definition) is 1. The van der Waals surface area contributed by atoms with Gasteiger partial charge in [-0.25, -0.2) is 8.42 Å². The maximum Gasteiger partial charge on any atom is 0.261 e. The van der Waals surface area contributed by atoms with Crippen molar-refractivity contribution in [1.29, 1.82) is 0 Å². The lowest BCUT2D eigenvalue weighted by atomic mass is 10.1. The summed E-state index contributed by atoms with van der Waals surface area (Å²) < 4.78 is 25.3. The Morgan fingerprint density at radius 3 is 2.32 bits per heavy atom. The van der Waals surface area contributed by atoms with Crippen LogP contribution >= 0.6 is 11.3 Å². The third kappa shape index (κ3) is 3.97. The van der Waals surface area contributed by atoms with E-state index in [0.29, 0.717) is 11.4 Å². The van der Waals surface area contributed by atoms with E-state index in [-0.39, 0.29) is 15.0 Å². The number of sulfone groups is 1. The van der Waals surface area contributed by atoms with Gasteiger partial charge in [0.2, 0.25) is 9.84 Å². The van der Waals surface area contributed by atoms with E-state index in [9.17, 15) is 13.2 Å². The molecule has 1 heterocycles. The second-order valence-electron chi connectivity index (χ2n) is 5.60. The fraction of sp³-hybridized carbons (Fsp3) is 0.105. The first-order valence-corrected chi connectivity index (χ1v) is 10.0. The minimum Gasteiger partial charge on any atom is -0.347 e. The van der Waals surface area contributed by atoms with Gasteiger partial charge in [0.25, 0.3) is 5.91 Å². The molecule has 4 nitrogen and oxygen atoms in total. The highest BCUT2D eigenvalue weighted by atomic mass is 32.2. The summed E-state index contributed by atoms with van der Waals surface area (Å²) in [5.74, 6) is -0.278. The Kier molecular flexibility index (Phi) is 5.01. The SMILES string of the molecule is Cc1ccc(CNC(=O)c2ccc(S(=O)(=O)c3ccccc3)s2)cc1. The summed E-state index contributed by atoms with van der Waals surface area (Å²) in [7, 11) is -3.59. The van der Waals surface area contributed by atoms with Crippen LogP contribution in [0.3, 0.4) is 0 Å². The van der Waals surface area contributed by atoms with E-state index >= 15 is 0 Å². The zero-order chi connectivity index (χ0) is 17.9. The van der Waals surface area contributed by atoms with Gasteiger partial charge in [0.1, 0.15) is 4.21 Å². The van der Waals surface area contributed by atoms with E-state index in [1.165, 1.54) is 6.07 Å². The predicted molar refractivity (Wildman–Crippen MR) is 98.6 cm³/mol. The molecule has 0 unspecified atom stereocenters. The Labute approximate surface area is 151 Å². The molecule has 0 bridgehead atoms. The Bertz CT molecular complexity index is 975. The van der Waals surface area contributed by atoms with Crippen LogP contribution in [0.25, 0.3) is 0 Å². The van der Waals surface area contributed by atoms with Crippen molar-refractivity contribution in [3.8, 4) is 0 Å². The van der Waals surface area contributed by atoms with Crippen molar-refractivity contribution in [3.63, 3.8) is 0 Å². The van der Waals surface area contributed by atoms with Gasteiger partial charge in [0.05, 0.1) is 9.77 Å². The van der Waals surface area contributed by atoms with Crippen LogP contribution in [-0.2, 0) is 16.4 Å². The van der Waals surface area contributed by atoms with E-state index in [0.717, 1.165) is 22.5 Å². The average Bonchev–Trinajstić information content (AvgIpc) is 3.13. The van der Waals surface area contributed by atoms with Gasteiger partial charge < -0.3 is 5.32 Å². The number of nitrogens with one attached hydrogen (secondary N) is 1. The summed E-state index contributed by atoms with van der Waals surface area (Å²) in [6.07, 6.45) is 0. The average molecular weight is 371 g/mol. The predicted octanol–water partition coefficient (Wildman–Crippen LogP) is 3.82.